The smallest absolute Gasteiger partial charge is 0.234 e. The van der Waals surface area contributed by atoms with Gasteiger partial charge in [-0.1, -0.05) is 0 Å². The molecule has 1 aliphatic heterocycles. The molecule has 1 heterocycles. The predicted octanol–water partition coefficient (Wildman–Crippen LogP) is 0.685. The first-order chi connectivity index (χ1) is 7.72. The Morgan fingerprint density at radius 3 is 2.62 bits per heavy atom. The highest BCUT2D eigenvalue weighted by Crippen LogP contribution is 3.02. The van der Waals surface area contributed by atoms with Gasteiger partial charge in [0.05, 0.1) is 5.92 Å². The van der Waals surface area contributed by atoms with Crippen molar-refractivity contribution < 1.29 is 9.66 Å². The number of nitrogens with zero attached hydrogens (tertiary/aromatic N) is 1. The standard InChI is InChI=1S/C12H11NO3/c14-13(15)10-6-2-5-9(10)7-3-1-4(8(7)10)12(6)11(3,5)16-12/h3-9H,1-2H2/t3-,4-,5+,6+,7+,8+,9+,10+,11+,12+/m1/s1. The largest absolute Gasteiger partial charge is 0.361 e. The van der Waals surface area contributed by atoms with E-state index in [1.165, 1.54) is 6.42 Å². The molecule has 0 aromatic carbocycles. The first-order valence-corrected chi connectivity index (χ1v) is 6.57. The van der Waals surface area contributed by atoms with Gasteiger partial charge in [-0.3, -0.25) is 10.1 Å². The Morgan fingerprint density at radius 1 is 1.12 bits per heavy atom. The van der Waals surface area contributed by atoms with Gasteiger partial charge in [-0.05, 0) is 24.7 Å². The minimum atomic E-state index is -0.495. The summed E-state index contributed by atoms with van der Waals surface area (Å²) in [7, 11) is 0. The van der Waals surface area contributed by atoms with Gasteiger partial charge in [0, 0.05) is 28.6 Å². The van der Waals surface area contributed by atoms with Gasteiger partial charge in [-0.15, -0.1) is 0 Å². The molecule has 0 N–H and O–H groups in total. The van der Waals surface area contributed by atoms with E-state index in [4.69, 9.17) is 4.74 Å². The van der Waals surface area contributed by atoms with Crippen molar-refractivity contribution in [1.29, 1.82) is 0 Å². The molecule has 8 rings (SSSR count). The van der Waals surface area contributed by atoms with Crippen molar-refractivity contribution in [3.05, 3.63) is 10.1 Å². The van der Waals surface area contributed by atoms with Crippen LogP contribution in [0.3, 0.4) is 0 Å². The molecule has 0 amide bonds. The fourth-order valence-electron chi connectivity index (χ4n) is 8.72. The Labute approximate surface area is 91.5 Å². The zero-order valence-electron chi connectivity index (χ0n) is 8.63. The Bertz CT molecular complexity index is 536. The van der Waals surface area contributed by atoms with Gasteiger partial charge in [0.25, 0.3) is 0 Å². The topological polar surface area (TPSA) is 55.7 Å². The number of hydrogen-bond donors (Lipinski definition) is 0. The molecule has 8 aliphatic rings. The Balaban J connectivity index is 1.72. The molecule has 0 aromatic heterocycles. The molecule has 0 aromatic rings. The van der Waals surface area contributed by atoms with Gasteiger partial charge in [-0.2, -0.15) is 0 Å². The van der Waals surface area contributed by atoms with Crippen LogP contribution in [0, 0.1) is 51.5 Å². The lowest BCUT2D eigenvalue weighted by Crippen LogP contribution is -2.64. The molecule has 4 nitrogen and oxygen atoms in total. The molecule has 4 heteroatoms. The van der Waals surface area contributed by atoms with Gasteiger partial charge in [0.1, 0.15) is 11.2 Å². The lowest BCUT2D eigenvalue weighted by molar-refractivity contribution is -0.618. The van der Waals surface area contributed by atoms with Gasteiger partial charge in [-0.25, -0.2) is 0 Å². The molecule has 82 valence electrons. The van der Waals surface area contributed by atoms with Crippen molar-refractivity contribution in [2.45, 2.75) is 29.6 Å². The van der Waals surface area contributed by atoms with E-state index in [0.29, 0.717) is 35.5 Å². The van der Waals surface area contributed by atoms with E-state index in [-0.39, 0.29) is 16.1 Å². The second-order valence-electron chi connectivity index (χ2n) is 7.31. The lowest BCUT2D eigenvalue weighted by Gasteiger charge is -2.47. The molecular weight excluding hydrogens is 206 g/mol. The second kappa shape index (κ2) is 1.30. The minimum Gasteiger partial charge on any atom is -0.361 e. The molecule has 2 spiro atoms. The summed E-state index contributed by atoms with van der Waals surface area (Å²) in [4.78, 5) is 11.8. The molecule has 4 bridgehead atoms. The number of epoxide rings is 1. The average molecular weight is 217 g/mol. The average Bonchev–Trinajstić information content (AvgIpc) is 2.41. The third kappa shape index (κ3) is 0.261. The quantitative estimate of drug-likeness (QED) is 0.369. The van der Waals surface area contributed by atoms with Crippen LogP contribution in [0.5, 0.6) is 0 Å². The van der Waals surface area contributed by atoms with Crippen molar-refractivity contribution in [3.63, 3.8) is 0 Å². The summed E-state index contributed by atoms with van der Waals surface area (Å²) < 4.78 is 6.25. The van der Waals surface area contributed by atoms with E-state index in [0.717, 1.165) is 12.3 Å². The molecular formula is C12H11NO3. The van der Waals surface area contributed by atoms with Crippen LogP contribution in [-0.4, -0.2) is 21.7 Å². The highest BCUT2D eigenvalue weighted by atomic mass is 16.7. The number of nitro groups is 1. The van der Waals surface area contributed by atoms with Crippen molar-refractivity contribution in [2.24, 2.45) is 41.4 Å². The van der Waals surface area contributed by atoms with Crippen molar-refractivity contribution in [3.8, 4) is 0 Å². The monoisotopic (exact) mass is 217 g/mol. The van der Waals surface area contributed by atoms with Gasteiger partial charge in [0.15, 0.2) is 0 Å². The maximum Gasteiger partial charge on any atom is 0.234 e. The van der Waals surface area contributed by atoms with Gasteiger partial charge < -0.3 is 4.74 Å². The maximum atomic E-state index is 11.6. The fraction of sp³-hybridized carbons (Fsp3) is 1.00. The molecule has 0 unspecified atom stereocenters. The first-order valence-electron chi connectivity index (χ1n) is 6.57. The lowest BCUT2D eigenvalue weighted by atomic mass is 9.54. The van der Waals surface area contributed by atoms with E-state index in [1.54, 1.807) is 0 Å². The van der Waals surface area contributed by atoms with E-state index >= 15 is 0 Å². The number of hydrogen-bond acceptors (Lipinski definition) is 3. The molecule has 16 heavy (non-hydrogen) atoms. The molecule has 10 atom stereocenters. The Hall–Kier alpha value is -0.640. The highest BCUT2D eigenvalue weighted by Gasteiger charge is 3.13. The summed E-state index contributed by atoms with van der Waals surface area (Å²) in [6, 6.07) is 0. The summed E-state index contributed by atoms with van der Waals surface area (Å²) in [5.41, 5.74) is -0.251. The zero-order chi connectivity index (χ0) is 10.2. The van der Waals surface area contributed by atoms with E-state index in [2.05, 4.69) is 0 Å². The van der Waals surface area contributed by atoms with Gasteiger partial charge in [0.2, 0.25) is 5.54 Å². The van der Waals surface area contributed by atoms with Crippen LogP contribution in [-0.2, 0) is 4.74 Å². The van der Waals surface area contributed by atoms with Crippen LogP contribution in [0.2, 0.25) is 0 Å². The molecule has 0 radical (unpaired) electrons. The first kappa shape index (κ1) is 6.94. The van der Waals surface area contributed by atoms with Crippen molar-refractivity contribution >= 4 is 0 Å². The van der Waals surface area contributed by atoms with Gasteiger partial charge >= 0.3 is 0 Å². The SMILES string of the molecule is O=[N+]([O-])[C@@]12[C@@H]3[C@H]4[C@@H]1[C@@H]1C[C@@H]2[C@]25O[C@@]12[C@@H]4C[C@H]35. The molecule has 7 aliphatic carbocycles. The Kier molecular flexibility index (Phi) is 0.565. The van der Waals surface area contributed by atoms with Crippen LogP contribution in [0.25, 0.3) is 0 Å². The summed E-state index contributed by atoms with van der Waals surface area (Å²) in [5, 5.41) is 11.6. The normalized spacial score (nSPS) is 89.1. The maximum absolute atomic E-state index is 11.6. The second-order valence-corrected chi connectivity index (χ2v) is 7.31. The predicted molar refractivity (Wildman–Crippen MR) is 49.9 cm³/mol. The zero-order valence-corrected chi connectivity index (χ0v) is 8.63. The van der Waals surface area contributed by atoms with Crippen molar-refractivity contribution in [1.82, 2.24) is 0 Å². The van der Waals surface area contributed by atoms with Crippen LogP contribution >= 0.6 is 0 Å². The van der Waals surface area contributed by atoms with Crippen LogP contribution in [0.4, 0.5) is 0 Å². The van der Waals surface area contributed by atoms with Crippen LogP contribution < -0.4 is 0 Å². The minimum absolute atomic E-state index is 0.0452. The molecule has 7 saturated carbocycles. The van der Waals surface area contributed by atoms with Crippen molar-refractivity contribution in [2.75, 3.05) is 0 Å². The van der Waals surface area contributed by atoms with E-state index < -0.39 is 5.54 Å². The summed E-state index contributed by atoms with van der Waals surface area (Å²) in [5.74, 6) is 3.75. The Morgan fingerprint density at radius 2 is 1.88 bits per heavy atom. The highest BCUT2D eigenvalue weighted by molar-refractivity contribution is 5.57. The van der Waals surface area contributed by atoms with E-state index in [9.17, 15) is 10.1 Å². The van der Waals surface area contributed by atoms with E-state index in [1.807, 2.05) is 0 Å². The van der Waals surface area contributed by atoms with Crippen LogP contribution in [0.15, 0.2) is 0 Å². The summed E-state index contributed by atoms with van der Waals surface area (Å²) in [6.45, 7) is 0. The molecule has 1 saturated heterocycles. The van der Waals surface area contributed by atoms with Crippen LogP contribution in [0.1, 0.15) is 12.8 Å². The third-order valence-corrected chi connectivity index (χ3v) is 8.18. The molecule has 8 fully saturated rings. The number of ether oxygens (including phenoxy) is 1. The number of rotatable bonds is 1. The fourth-order valence-corrected chi connectivity index (χ4v) is 8.72. The summed E-state index contributed by atoms with van der Waals surface area (Å²) in [6.07, 6.45) is 2.40. The summed E-state index contributed by atoms with van der Waals surface area (Å²) >= 11 is 0. The third-order valence-electron chi connectivity index (χ3n) is 8.18.